The van der Waals surface area contributed by atoms with E-state index >= 15 is 0 Å². The lowest BCUT2D eigenvalue weighted by Gasteiger charge is -2.08. The highest BCUT2D eigenvalue weighted by atomic mass is 35.5. The van der Waals surface area contributed by atoms with Crippen LogP contribution in [0, 0.1) is 5.92 Å². The Kier molecular flexibility index (Phi) is 9.36. The van der Waals surface area contributed by atoms with Gasteiger partial charge in [0.25, 0.3) is 0 Å². The maximum Gasteiger partial charge on any atom is 0.220 e. The lowest BCUT2D eigenvalue weighted by atomic mass is 10.0. The van der Waals surface area contributed by atoms with Gasteiger partial charge in [-0.1, -0.05) is 30.3 Å². The molecular weight excluding hydrogens is 320 g/mol. The summed E-state index contributed by atoms with van der Waals surface area (Å²) in [7, 11) is -0.918. The van der Waals surface area contributed by atoms with Crippen LogP contribution in [0.2, 0.25) is 0 Å². The smallest absolute Gasteiger partial charge is 0.220 e. The molecule has 2 N–H and O–H groups in total. The molecule has 0 aliphatic carbocycles. The van der Waals surface area contributed by atoms with Crippen molar-refractivity contribution in [3.8, 4) is 0 Å². The van der Waals surface area contributed by atoms with E-state index < -0.39 is 10.8 Å². The molecule has 0 bridgehead atoms. The normalized spacial score (nSPS) is 18.5. The van der Waals surface area contributed by atoms with Crippen LogP contribution in [0.5, 0.6) is 0 Å². The van der Waals surface area contributed by atoms with Crippen molar-refractivity contribution in [3.05, 3.63) is 35.9 Å². The number of carbonyl (C=O) groups is 1. The third kappa shape index (κ3) is 7.38. The van der Waals surface area contributed by atoms with E-state index in [2.05, 4.69) is 10.6 Å². The molecule has 2 rings (SSSR count). The van der Waals surface area contributed by atoms with Crippen LogP contribution in [0.15, 0.2) is 30.3 Å². The Labute approximate surface area is 141 Å². The van der Waals surface area contributed by atoms with E-state index in [-0.39, 0.29) is 18.3 Å². The molecule has 2 atom stereocenters. The van der Waals surface area contributed by atoms with Gasteiger partial charge in [0.1, 0.15) is 0 Å². The summed E-state index contributed by atoms with van der Waals surface area (Å²) < 4.78 is 11.9. The molecule has 0 spiro atoms. The van der Waals surface area contributed by atoms with E-state index in [4.69, 9.17) is 0 Å². The van der Waals surface area contributed by atoms with Gasteiger partial charge in [-0.25, -0.2) is 0 Å². The first kappa shape index (κ1) is 19.1. The second-order valence-corrected chi connectivity index (χ2v) is 7.10. The maximum absolute atomic E-state index is 11.9. The Balaban J connectivity index is 0.00000242. The Hall–Kier alpha value is -0.910. The summed E-state index contributed by atoms with van der Waals surface area (Å²) in [6.07, 6.45) is 2.71. The summed E-state index contributed by atoms with van der Waals surface area (Å²) in [5, 5.41) is 6.18. The third-order valence-electron chi connectivity index (χ3n) is 3.76. The fourth-order valence-electron chi connectivity index (χ4n) is 2.52. The highest BCUT2D eigenvalue weighted by Gasteiger charge is 2.15. The minimum Gasteiger partial charge on any atom is -0.355 e. The standard InChI is InChI=1S/C16H24N2O2S.ClH/c19-16(7-6-14-8-9-17-12-14)18-10-11-21(20)13-15-4-2-1-3-5-15;/h1-5,14,17H,6-13H2,(H,18,19);1H. The second kappa shape index (κ2) is 10.8. The number of nitrogens with one attached hydrogen (secondary N) is 2. The van der Waals surface area contributed by atoms with Crippen LogP contribution in [0.3, 0.4) is 0 Å². The van der Waals surface area contributed by atoms with Crippen molar-refractivity contribution < 1.29 is 9.00 Å². The summed E-state index contributed by atoms with van der Waals surface area (Å²) in [5.41, 5.74) is 1.08. The lowest BCUT2D eigenvalue weighted by molar-refractivity contribution is -0.121. The van der Waals surface area contributed by atoms with Gasteiger partial charge in [-0.2, -0.15) is 0 Å². The van der Waals surface area contributed by atoms with Crippen LogP contribution in [0.25, 0.3) is 0 Å². The van der Waals surface area contributed by atoms with Gasteiger partial charge in [-0.15, -0.1) is 12.4 Å². The molecule has 1 aliphatic rings. The molecule has 6 heteroatoms. The molecule has 1 fully saturated rings. The minimum absolute atomic E-state index is 0. The molecule has 1 saturated heterocycles. The van der Waals surface area contributed by atoms with Crippen LogP contribution in [0.1, 0.15) is 24.8 Å². The van der Waals surface area contributed by atoms with Crippen LogP contribution < -0.4 is 10.6 Å². The van der Waals surface area contributed by atoms with Gasteiger partial charge in [-0.3, -0.25) is 9.00 Å². The van der Waals surface area contributed by atoms with Gasteiger partial charge in [0.05, 0.1) is 0 Å². The molecule has 1 aliphatic heterocycles. The van der Waals surface area contributed by atoms with E-state index in [9.17, 15) is 9.00 Å². The first-order valence-electron chi connectivity index (χ1n) is 7.60. The molecule has 1 aromatic carbocycles. The molecule has 0 saturated carbocycles. The molecule has 0 radical (unpaired) electrons. The van der Waals surface area contributed by atoms with Crippen molar-refractivity contribution in [2.24, 2.45) is 5.92 Å². The first-order chi connectivity index (χ1) is 10.2. The molecule has 2 unspecified atom stereocenters. The van der Waals surface area contributed by atoms with Gasteiger partial charge in [0.2, 0.25) is 5.91 Å². The van der Waals surface area contributed by atoms with Crippen molar-refractivity contribution in [3.63, 3.8) is 0 Å². The third-order valence-corrected chi connectivity index (χ3v) is 5.08. The number of hydrogen-bond acceptors (Lipinski definition) is 3. The first-order valence-corrected chi connectivity index (χ1v) is 9.09. The largest absolute Gasteiger partial charge is 0.355 e. The zero-order chi connectivity index (χ0) is 14.9. The number of amides is 1. The Bertz CT molecular complexity index is 464. The molecule has 22 heavy (non-hydrogen) atoms. The van der Waals surface area contributed by atoms with Crippen molar-refractivity contribution in [1.29, 1.82) is 0 Å². The number of rotatable bonds is 8. The number of benzene rings is 1. The summed E-state index contributed by atoms with van der Waals surface area (Å²) in [5.74, 6) is 1.80. The Morgan fingerprint density at radius 3 is 2.77 bits per heavy atom. The highest BCUT2D eigenvalue weighted by molar-refractivity contribution is 7.84. The summed E-state index contributed by atoms with van der Waals surface area (Å²) in [4.78, 5) is 11.7. The number of halogens is 1. The molecular formula is C16H25ClN2O2S. The predicted molar refractivity (Wildman–Crippen MR) is 93.6 cm³/mol. The van der Waals surface area contributed by atoms with Crippen LogP contribution in [-0.2, 0) is 21.3 Å². The summed E-state index contributed by atoms with van der Waals surface area (Å²) in [6.45, 7) is 2.61. The van der Waals surface area contributed by atoms with Gasteiger partial charge in [0.15, 0.2) is 0 Å². The van der Waals surface area contributed by atoms with Crippen molar-refractivity contribution in [2.75, 3.05) is 25.4 Å². The average Bonchev–Trinajstić information content (AvgIpc) is 2.99. The highest BCUT2D eigenvalue weighted by Crippen LogP contribution is 2.13. The quantitative estimate of drug-likeness (QED) is 0.756. The van der Waals surface area contributed by atoms with E-state index in [0.29, 0.717) is 30.4 Å². The lowest BCUT2D eigenvalue weighted by Crippen LogP contribution is -2.28. The van der Waals surface area contributed by atoms with Gasteiger partial charge in [-0.05, 0) is 37.4 Å². The zero-order valence-corrected chi connectivity index (χ0v) is 14.4. The monoisotopic (exact) mass is 344 g/mol. The molecule has 124 valence electrons. The molecule has 1 amide bonds. The second-order valence-electron chi connectivity index (χ2n) is 5.52. The predicted octanol–water partition coefficient (Wildman–Crippen LogP) is 1.86. The molecule has 1 aromatic rings. The van der Waals surface area contributed by atoms with Crippen molar-refractivity contribution in [1.82, 2.24) is 10.6 Å². The topological polar surface area (TPSA) is 58.2 Å². The molecule has 0 aromatic heterocycles. The van der Waals surface area contributed by atoms with E-state index in [1.165, 1.54) is 6.42 Å². The molecule has 4 nitrogen and oxygen atoms in total. The van der Waals surface area contributed by atoms with Gasteiger partial charge in [0, 0.05) is 35.3 Å². The zero-order valence-electron chi connectivity index (χ0n) is 12.8. The van der Waals surface area contributed by atoms with Gasteiger partial charge >= 0.3 is 0 Å². The SMILES string of the molecule is Cl.O=C(CCC1CCNC1)NCCS(=O)Cc1ccccc1. The summed E-state index contributed by atoms with van der Waals surface area (Å²) >= 11 is 0. The van der Waals surface area contributed by atoms with Gasteiger partial charge < -0.3 is 10.6 Å². The minimum atomic E-state index is -0.918. The fourth-order valence-corrected chi connectivity index (χ4v) is 3.56. The van der Waals surface area contributed by atoms with Crippen LogP contribution in [-0.4, -0.2) is 35.5 Å². The van der Waals surface area contributed by atoms with E-state index in [1.807, 2.05) is 30.3 Å². The van der Waals surface area contributed by atoms with Crippen molar-refractivity contribution >= 4 is 29.1 Å². The maximum atomic E-state index is 11.9. The summed E-state index contributed by atoms with van der Waals surface area (Å²) in [6, 6.07) is 9.81. The van der Waals surface area contributed by atoms with Crippen LogP contribution >= 0.6 is 12.4 Å². The number of hydrogen-bond donors (Lipinski definition) is 2. The Morgan fingerprint density at radius 2 is 2.09 bits per heavy atom. The molecule has 1 heterocycles. The van der Waals surface area contributed by atoms with Crippen molar-refractivity contribution in [2.45, 2.75) is 25.0 Å². The van der Waals surface area contributed by atoms with Crippen LogP contribution in [0.4, 0.5) is 0 Å². The average molecular weight is 345 g/mol. The number of carbonyl (C=O) groups excluding carboxylic acids is 1. The Morgan fingerprint density at radius 1 is 1.32 bits per heavy atom. The van der Waals surface area contributed by atoms with E-state index in [0.717, 1.165) is 25.1 Å². The van der Waals surface area contributed by atoms with E-state index in [1.54, 1.807) is 0 Å². The fraction of sp³-hybridized carbons (Fsp3) is 0.562.